The number of ether oxygens (including phenoxy) is 1. The number of benzene rings is 1. The van der Waals surface area contributed by atoms with Crippen molar-refractivity contribution in [2.45, 2.75) is 59.1 Å². The predicted octanol–water partition coefficient (Wildman–Crippen LogP) is 4.91. The van der Waals surface area contributed by atoms with E-state index in [1.807, 2.05) is 19.9 Å². The molecule has 1 N–H and O–H groups in total. The fraction of sp³-hybridized carbons (Fsp3) is 0.625. The van der Waals surface area contributed by atoms with Gasteiger partial charge in [0.15, 0.2) is 0 Å². The molecule has 0 heterocycles. The summed E-state index contributed by atoms with van der Waals surface area (Å²) < 4.78 is 6.74. The van der Waals surface area contributed by atoms with Gasteiger partial charge in [0.2, 0.25) is 0 Å². The highest BCUT2D eigenvalue weighted by molar-refractivity contribution is 9.10. The second-order valence-electron chi connectivity index (χ2n) is 5.17. The Kier molecular flexibility index (Phi) is 8.15. The van der Waals surface area contributed by atoms with Crippen molar-refractivity contribution in [1.82, 2.24) is 5.32 Å². The molecule has 3 heteroatoms. The van der Waals surface area contributed by atoms with Crippen molar-refractivity contribution < 1.29 is 4.74 Å². The molecule has 19 heavy (non-hydrogen) atoms. The summed E-state index contributed by atoms with van der Waals surface area (Å²) >= 11 is 3.57. The smallest absolute Gasteiger partial charge is 0.133 e. The molecule has 0 spiro atoms. The molecule has 0 amide bonds. The minimum Gasteiger partial charge on any atom is -0.490 e. The van der Waals surface area contributed by atoms with Crippen LogP contribution in [0.3, 0.4) is 0 Å². The van der Waals surface area contributed by atoms with E-state index < -0.39 is 0 Å². The summed E-state index contributed by atoms with van der Waals surface area (Å²) in [6, 6.07) is 6.30. The molecule has 0 aliphatic rings. The highest BCUT2D eigenvalue weighted by atomic mass is 79.9. The SMILES string of the molecule is CCCCCCNCc1ccc(OC(C)C)c(Br)c1. The Balaban J connectivity index is 2.33. The number of halogens is 1. The largest absolute Gasteiger partial charge is 0.490 e. The number of unbranched alkanes of at least 4 members (excludes halogenated alkanes) is 3. The van der Waals surface area contributed by atoms with E-state index in [0.29, 0.717) is 0 Å². The first-order valence-electron chi connectivity index (χ1n) is 7.29. The first-order valence-corrected chi connectivity index (χ1v) is 8.08. The van der Waals surface area contributed by atoms with Crippen molar-refractivity contribution in [3.63, 3.8) is 0 Å². The molecule has 1 aromatic carbocycles. The van der Waals surface area contributed by atoms with Crippen molar-refractivity contribution in [1.29, 1.82) is 0 Å². The van der Waals surface area contributed by atoms with Gasteiger partial charge in [-0.25, -0.2) is 0 Å². The van der Waals surface area contributed by atoms with Crippen molar-refractivity contribution in [2.75, 3.05) is 6.54 Å². The van der Waals surface area contributed by atoms with Crippen LogP contribution in [0.5, 0.6) is 5.75 Å². The molecular formula is C16H26BrNO. The number of nitrogens with one attached hydrogen (secondary N) is 1. The van der Waals surface area contributed by atoms with Gasteiger partial charge in [-0.15, -0.1) is 0 Å². The number of hydrogen-bond donors (Lipinski definition) is 1. The van der Waals surface area contributed by atoms with Crippen molar-refractivity contribution in [2.24, 2.45) is 0 Å². The lowest BCUT2D eigenvalue weighted by atomic mass is 10.2. The molecule has 0 radical (unpaired) electrons. The van der Waals surface area contributed by atoms with Gasteiger partial charge < -0.3 is 10.1 Å². The van der Waals surface area contributed by atoms with E-state index in [9.17, 15) is 0 Å². The highest BCUT2D eigenvalue weighted by Gasteiger charge is 2.04. The van der Waals surface area contributed by atoms with E-state index in [2.05, 4.69) is 40.3 Å². The van der Waals surface area contributed by atoms with Crippen LogP contribution in [0.4, 0.5) is 0 Å². The quantitative estimate of drug-likeness (QED) is 0.651. The molecule has 2 nitrogen and oxygen atoms in total. The van der Waals surface area contributed by atoms with Gasteiger partial charge in [-0.05, 0) is 60.4 Å². The van der Waals surface area contributed by atoms with Crippen LogP contribution >= 0.6 is 15.9 Å². The molecule has 0 unspecified atom stereocenters. The Bertz CT molecular complexity index is 366. The third-order valence-electron chi connectivity index (χ3n) is 2.90. The van der Waals surface area contributed by atoms with E-state index in [1.54, 1.807) is 0 Å². The Morgan fingerprint density at radius 1 is 1.21 bits per heavy atom. The van der Waals surface area contributed by atoms with Gasteiger partial charge in [-0.1, -0.05) is 32.3 Å². The average Bonchev–Trinajstić information content (AvgIpc) is 2.36. The second kappa shape index (κ2) is 9.38. The zero-order valence-electron chi connectivity index (χ0n) is 12.3. The first kappa shape index (κ1) is 16.5. The molecule has 0 saturated carbocycles. The van der Waals surface area contributed by atoms with E-state index in [0.717, 1.165) is 23.3 Å². The van der Waals surface area contributed by atoms with Gasteiger partial charge in [0, 0.05) is 6.54 Å². The third-order valence-corrected chi connectivity index (χ3v) is 3.51. The van der Waals surface area contributed by atoms with Gasteiger partial charge in [0.05, 0.1) is 10.6 Å². The van der Waals surface area contributed by atoms with E-state index in [4.69, 9.17) is 4.74 Å². The fourth-order valence-corrected chi connectivity index (χ4v) is 2.43. The topological polar surface area (TPSA) is 21.3 Å². The molecule has 0 fully saturated rings. The van der Waals surface area contributed by atoms with Crippen LogP contribution in [-0.2, 0) is 6.54 Å². The Hall–Kier alpha value is -0.540. The summed E-state index contributed by atoms with van der Waals surface area (Å²) in [6.07, 6.45) is 5.44. The summed E-state index contributed by atoms with van der Waals surface area (Å²) in [5.41, 5.74) is 1.29. The molecule has 1 aromatic rings. The number of hydrogen-bond acceptors (Lipinski definition) is 2. The van der Waals surface area contributed by atoms with Gasteiger partial charge in [-0.3, -0.25) is 0 Å². The maximum atomic E-state index is 5.70. The van der Waals surface area contributed by atoms with Gasteiger partial charge in [0.1, 0.15) is 5.75 Å². The van der Waals surface area contributed by atoms with Gasteiger partial charge >= 0.3 is 0 Å². The van der Waals surface area contributed by atoms with Crippen molar-refractivity contribution in [3.05, 3.63) is 28.2 Å². The minimum atomic E-state index is 0.207. The number of rotatable bonds is 9. The lowest BCUT2D eigenvalue weighted by Crippen LogP contribution is -2.14. The molecule has 0 aromatic heterocycles. The summed E-state index contributed by atoms with van der Waals surface area (Å²) in [5, 5.41) is 3.49. The molecule has 0 saturated heterocycles. The Morgan fingerprint density at radius 2 is 2.00 bits per heavy atom. The first-order chi connectivity index (χ1) is 9.13. The maximum Gasteiger partial charge on any atom is 0.133 e. The Labute approximate surface area is 126 Å². The van der Waals surface area contributed by atoms with Crippen LogP contribution < -0.4 is 10.1 Å². The molecule has 0 aliphatic heterocycles. The molecular weight excluding hydrogens is 302 g/mol. The summed E-state index contributed by atoms with van der Waals surface area (Å²) in [5.74, 6) is 0.918. The van der Waals surface area contributed by atoms with Gasteiger partial charge in [-0.2, -0.15) is 0 Å². The van der Waals surface area contributed by atoms with E-state index in [1.165, 1.54) is 31.2 Å². The Morgan fingerprint density at radius 3 is 2.63 bits per heavy atom. The maximum absolute atomic E-state index is 5.70. The standard InChI is InChI=1S/C16H26BrNO/c1-4-5-6-7-10-18-12-14-8-9-16(15(17)11-14)19-13(2)3/h8-9,11,13,18H,4-7,10,12H2,1-3H3. The van der Waals surface area contributed by atoms with Gasteiger partial charge in [0.25, 0.3) is 0 Å². The third kappa shape index (κ3) is 6.98. The van der Waals surface area contributed by atoms with Crippen molar-refractivity contribution in [3.8, 4) is 5.75 Å². The molecule has 0 bridgehead atoms. The van der Waals surface area contributed by atoms with Crippen LogP contribution in [-0.4, -0.2) is 12.6 Å². The summed E-state index contributed by atoms with van der Waals surface area (Å²) in [6.45, 7) is 8.34. The van der Waals surface area contributed by atoms with E-state index in [-0.39, 0.29) is 6.10 Å². The summed E-state index contributed by atoms with van der Waals surface area (Å²) in [7, 11) is 0. The monoisotopic (exact) mass is 327 g/mol. The van der Waals surface area contributed by atoms with Crippen LogP contribution in [0.2, 0.25) is 0 Å². The summed E-state index contributed by atoms with van der Waals surface area (Å²) in [4.78, 5) is 0. The lowest BCUT2D eigenvalue weighted by Gasteiger charge is -2.12. The van der Waals surface area contributed by atoms with Crippen LogP contribution in [0.15, 0.2) is 22.7 Å². The fourth-order valence-electron chi connectivity index (χ4n) is 1.91. The normalized spacial score (nSPS) is 11.0. The predicted molar refractivity (Wildman–Crippen MR) is 85.8 cm³/mol. The van der Waals surface area contributed by atoms with E-state index >= 15 is 0 Å². The lowest BCUT2D eigenvalue weighted by molar-refractivity contribution is 0.241. The highest BCUT2D eigenvalue weighted by Crippen LogP contribution is 2.26. The van der Waals surface area contributed by atoms with Crippen LogP contribution in [0.25, 0.3) is 0 Å². The minimum absolute atomic E-state index is 0.207. The molecule has 0 atom stereocenters. The molecule has 0 aliphatic carbocycles. The second-order valence-corrected chi connectivity index (χ2v) is 6.02. The average molecular weight is 328 g/mol. The zero-order chi connectivity index (χ0) is 14.1. The molecule has 1 rings (SSSR count). The van der Waals surface area contributed by atoms with Crippen LogP contribution in [0.1, 0.15) is 52.0 Å². The van der Waals surface area contributed by atoms with Crippen LogP contribution in [0, 0.1) is 0 Å². The zero-order valence-corrected chi connectivity index (χ0v) is 13.9. The molecule has 108 valence electrons. The van der Waals surface area contributed by atoms with Crippen molar-refractivity contribution >= 4 is 15.9 Å².